The molecule has 0 saturated heterocycles. The summed E-state index contributed by atoms with van der Waals surface area (Å²) in [7, 11) is 0. The fourth-order valence-electron chi connectivity index (χ4n) is 1.46. The Morgan fingerprint density at radius 1 is 1.37 bits per heavy atom. The van der Waals surface area contributed by atoms with Crippen LogP contribution in [-0.2, 0) is 5.75 Å². The lowest BCUT2D eigenvalue weighted by Crippen LogP contribution is -2.26. The van der Waals surface area contributed by atoms with E-state index in [1.165, 1.54) is 23.2 Å². The lowest BCUT2D eigenvalue weighted by atomic mass is 10.3. The molecule has 2 aromatic heterocycles. The number of thiophene rings is 1. The summed E-state index contributed by atoms with van der Waals surface area (Å²) in [5.41, 5.74) is 0.269. The molecule has 0 bridgehead atoms. The SMILES string of the molecule is O=C(NCCSCc1cccs1)c1ccc(=O)[nH]c1. The number of hydrogen-bond acceptors (Lipinski definition) is 4. The summed E-state index contributed by atoms with van der Waals surface area (Å²) >= 11 is 3.53. The highest BCUT2D eigenvalue weighted by Gasteiger charge is 2.04. The number of carbonyl (C=O) groups is 1. The molecule has 0 fully saturated rings. The molecule has 2 rings (SSSR count). The van der Waals surface area contributed by atoms with Crippen LogP contribution in [-0.4, -0.2) is 23.2 Å². The Bertz CT molecular complexity index is 558. The molecule has 0 aromatic carbocycles. The van der Waals surface area contributed by atoms with Gasteiger partial charge in [0.25, 0.3) is 5.91 Å². The van der Waals surface area contributed by atoms with Crippen LogP contribution in [0.5, 0.6) is 0 Å². The molecule has 0 radical (unpaired) electrons. The van der Waals surface area contributed by atoms with Crippen LogP contribution >= 0.6 is 23.1 Å². The van der Waals surface area contributed by atoms with Crippen molar-refractivity contribution in [3.05, 3.63) is 56.6 Å². The number of nitrogens with one attached hydrogen (secondary N) is 2. The van der Waals surface area contributed by atoms with Crippen molar-refractivity contribution in [2.75, 3.05) is 12.3 Å². The monoisotopic (exact) mass is 294 g/mol. The number of aromatic nitrogens is 1. The highest BCUT2D eigenvalue weighted by molar-refractivity contribution is 7.98. The largest absolute Gasteiger partial charge is 0.351 e. The second-order valence-electron chi connectivity index (χ2n) is 3.83. The van der Waals surface area contributed by atoms with Gasteiger partial charge in [-0.2, -0.15) is 11.8 Å². The molecule has 0 aliphatic carbocycles. The number of hydrogen-bond donors (Lipinski definition) is 2. The molecule has 19 heavy (non-hydrogen) atoms. The van der Waals surface area contributed by atoms with Gasteiger partial charge in [0.1, 0.15) is 0 Å². The molecule has 0 saturated carbocycles. The number of rotatable bonds is 6. The minimum absolute atomic E-state index is 0.159. The Hall–Kier alpha value is -1.53. The second-order valence-corrected chi connectivity index (χ2v) is 5.97. The molecular weight excluding hydrogens is 280 g/mol. The molecule has 0 unspecified atom stereocenters. The average molecular weight is 294 g/mol. The van der Waals surface area contributed by atoms with Crippen molar-refractivity contribution in [2.45, 2.75) is 5.75 Å². The van der Waals surface area contributed by atoms with Crippen LogP contribution in [0.25, 0.3) is 0 Å². The third-order valence-electron chi connectivity index (χ3n) is 2.40. The normalized spacial score (nSPS) is 10.3. The van der Waals surface area contributed by atoms with Crippen molar-refractivity contribution >= 4 is 29.0 Å². The van der Waals surface area contributed by atoms with Crippen LogP contribution in [0.2, 0.25) is 0 Å². The molecule has 2 heterocycles. The van der Waals surface area contributed by atoms with E-state index in [4.69, 9.17) is 0 Å². The average Bonchev–Trinajstić information content (AvgIpc) is 2.92. The van der Waals surface area contributed by atoms with Crippen LogP contribution in [0.4, 0.5) is 0 Å². The number of H-pyrrole nitrogens is 1. The topological polar surface area (TPSA) is 62.0 Å². The van der Waals surface area contributed by atoms with Crippen molar-refractivity contribution < 1.29 is 4.79 Å². The molecule has 100 valence electrons. The van der Waals surface area contributed by atoms with Gasteiger partial charge in [-0.1, -0.05) is 6.07 Å². The third-order valence-corrected chi connectivity index (χ3v) is 4.47. The molecule has 4 nitrogen and oxygen atoms in total. The van der Waals surface area contributed by atoms with E-state index in [-0.39, 0.29) is 11.5 Å². The van der Waals surface area contributed by atoms with Gasteiger partial charge in [0, 0.05) is 35.2 Å². The number of amides is 1. The van der Waals surface area contributed by atoms with Gasteiger partial charge in [-0.3, -0.25) is 9.59 Å². The maximum Gasteiger partial charge on any atom is 0.252 e. The van der Waals surface area contributed by atoms with Gasteiger partial charge in [0.05, 0.1) is 5.56 Å². The van der Waals surface area contributed by atoms with Gasteiger partial charge < -0.3 is 10.3 Å². The van der Waals surface area contributed by atoms with E-state index in [1.807, 2.05) is 6.07 Å². The van der Waals surface area contributed by atoms with E-state index in [0.29, 0.717) is 12.1 Å². The third kappa shape index (κ3) is 4.57. The first-order valence-electron chi connectivity index (χ1n) is 5.83. The first-order valence-corrected chi connectivity index (χ1v) is 7.86. The van der Waals surface area contributed by atoms with Crippen molar-refractivity contribution in [3.63, 3.8) is 0 Å². The number of thioether (sulfide) groups is 1. The van der Waals surface area contributed by atoms with Crippen LogP contribution in [0.1, 0.15) is 15.2 Å². The molecular formula is C13H14N2O2S2. The lowest BCUT2D eigenvalue weighted by molar-refractivity contribution is 0.0956. The fourth-order valence-corrected chi connectivity index (χ4v) is 3.16. The van der Waals surface area contributed by atoms with E-state index < -0.39 is 0 Å². The quantitative estimate of drug-likeness (QED) is 0.802. The van der Waals surface area contributed by atoms with Crippen molar-refractivity contribution in [2.24, 2.45) is 0 Å². The Morgan fingerprint density at radius 2 is 2.26 bits per heavy atom. The predicted octanol–water partition coefficient (Wildman–Crippen LogP) is 2.10. The summed E-state index contributed by atoms with van der Waals surface area (Å²) in [4.78, 5) is 26.4. The first kappa shape index (κ1) is 13.9. The number of aromatic amines is 1. The van der Waals surface area contributed by atoms with Gasteiger partial charge in [0.15, 0.2) is 0 Å². The van der Waals surface area contributed by atoms with Crippen molar-refractivity contribution in [1.29, 1.82) is 0 Å². The minimum Gasteiger partial charge on any atom is -0.351 e. The Morgan fingerprint density at radius 3 is 2.95 bits per heavy atom. The summed E-state index contributed by atoms with van der Waals surface area (Å²) in [5.74, 6) is 1.69. The summed E-state index contributed by atoms with van der Waals surface area (Å²) < 4.78 is 0. The van der Waals surface area contributed by atoms with E-state index in [9.17, 15) is 9.59 Å². The Kier molecular flexibility index (Phi) is 5.23. The second kappa shape index (κ2) is 7.16. The van der Waals surface area contributed by atoms with Crippen LogP contribution in [0.3, 0.4) is 0 Å². The van der Waals surface area contributed by atoms with Gasteiger partial charge in [-0.05, 0) is 17.5 Å². The van der Waals surface area contributed by atoms with Crippen molar-refractivity contribution in [3.8, 4) is 0 Å². The molecule has 2 N–H and O–H groups in total. The van der Waals surface area contributed by atoms with Crippen LogP contribution in [0.15, 0.2) is 40.6 Å². The first-order chi connectivity index (χ1) is 9.25. The molecule has 6 heteroatoms. The molecule has 0 aliphatic rings. The smallest absolute Gasteiger partial charge is 0.252 e. The standard InChI is InChI=1S/C13H14N2O2S2/c16-12-4-3-10(8-15-12)13(17)14-5-7-18-9-11-2-1-6-19-11/h1-4,6,8H,5,7,9H2,(H,14,17)(H,15,16). The summed E-state index contributed by atoms with van der Waals surface area (Å²) in [6, 6.07) is 7.02. The van der Waals surface area contributed by atoms with Gasteiger partial charge >= 0.3 is 0 Å². The maximum absolute atomic E-state index is 11.7. The Balaban J connectivity index is 1.66. The van der Waals surface area contributed by atoms with Crippen LogP contribution < -0.4 is 10.9 Å². The minimum atomic E-state index is -0.206. The summed E-state index contributed by atoms with van der Waals surface area (Å²) in [5, 5.41) is 4.88. The number of pyridine rings is 1. The lowest BCUT2D eigenvalue weighted by Gasteiger charge is -2.04. The fraction of sp³-hybridized carbons (Fsp3) is 0.231. The van der Waals surface area contributed by atoms with Crippen LogP contribution in [0, 0.1) is 0 Å². The van der Waals surface area contributed by atoms with E-state index in [0.717, 1.165) is 11.5 Å². The van der Waals surface area contributed by atoms with Crippen molar-refractivity contribution in [1.82, 2.24) is 10.3 Å². The molecule has 1 amide bonds. The zero-order valence-corrected chi connectivity index (χ0v) is 11.9. The molecule has 0 aliphatic heterocycles. The maximum atomic E-state index is 11.7. The summed E-state index contributed by atoms with van der Waals surface area (Å²) in [6.07, 6.45) is 1.43. The van der Waals surface area contributed by atoms with E-state index >= 15 is 0 Å². The van der Waals surface area contributed by atoms with Gasteiger partial charge in [0.2, 0.25) is 5.56 Å². The zero-order valence-electron chi connectivity index (χ0n) is 10.2. The molecule has 0 atom stereocenters. The zero-order chi connectivity index (χ0) is 13.5. The van der Waals surface area contributed by atoms with E-state index in [1.54, 1.807) is 23.1 Å². The predicted molar refractivity (Wildman–Crippen MR) is 79.9 cm³/mol. The number of carbonyl (C=O) groups excluding carboxylic acids is 1. The molecule has 2 aromatic rings. The van der Waals surface area contributed by atoms with Gasteiger partial charge in [-0.15, -0.1) is 11.3 Å². The van der Waals surface area contributed by atoms with E-state index in [2.05, 4.69) is 21.7 Å². The Labute approximate surface area is 119 Å². The summed E-state index contributed by atoms with van der Waals surface area (Å²) in [6.45, 7) is 0.619. The highest BCUT2D eigenvalue weighted by atomic mass is 32.2. The highest BCUT2D eigenvalue weighted by Crippen LogP contribution is 2.16. The van der Waals surface area contributed by atoms with Gasteiger partial charge in [-0.25, -0.2) is 0 Å². The molecule has 0 spiro atoms.